The lowest BCUT2D eigenvalue weighted by atomic mass is 9.69. The highest BCUT2D eigenvalue weighted by Crippen LogP contribution is 2.43. The number of carbonyl (C=O) groups excluding carboxylic acids is 1. The Balaban J connectivity index is 2.57. The van der Waals surface area contributed by atoms with Crippen LogP contribution >= 0.6 is 11.6 Å². The van der Waals surface area contributed by atoms with E-state index in [1.165, 1.54) is 11.1 Å². The van der Waals surface area contributed by atoms with Gasteiger partial charge in [0.2, 0.25) is 5.24 Å². The molecular formula is C14H17ClO. The van der Waals surface area contributed by atoms with Crippen molar-refractivity contribution in [2.24, 2.45) is 0 Å². The van der Waals surface area contributed by atoms with Gasteiger partial charge in [-0.2, -0.15) is 0 Å². The lowest BCUT2D eigenvalue weighted by Gasteiger charge is -2.36. The van der Waals surface area contributed by atoms with Crippen molar-refractivity contribution in [2.45, 2.75) is 44.9 Å². The molecule has 1 aromatic carbocycles. The molecule has 0 spiro atoms. The quantitative estimate of drug-likeness (QED) is 0.676. The summed E-state index contributed by atoms with van der Waals surface area (Å²) >= 11 is 5.68. The Kier molecular flexibility index (Phi) is 2.83. The average molecular weight is 237 g/mol. The predicted octanol–water partition coefficient (Wildman–Crippen LogP) is 3.92. The monoisotopic (exact) mass is 236 g/mol. The molecule has 0 amide bonds. The van der Waals surface area contributed by atoms with E-state index in [2.05, 4.69) is 39.0 Å². The van der Waals surface area contributed by atoms with Gasteiger partial charge in [0.1, 0.15) is 0 Å². The number of aryl methyl sites for hydroxylation is 1. The first-order valence-corrected chi connectivity index (χ1v) is 6.10. The van der Waals surface area contributed by atoms with Gasteiger partial charge in [0.15, 0.2) is 0 Å². The molecule has 0 saturated carbocycles. The molecule has 0 fully saturated rings. The second-order valence-electron chi connectivity index (χ2n) is 5.37. The Morgan fingerprint density at radius 3 is 2.75 bits per heavy atom. The molecule has 1 unspecified atom stereocenters. The Morgan fingerprint density at radius 1 is 1.44 bits per heavy atom. The van der Waals surface area contributed by atoms with Crippen LogP contribution in [0.2, 0.25) is 0 Å². The first kappa shape index (κ1) is 11.7. The highest BCUT2D eigenvalue weighted by atomic mass is 35.5. The third-order valence-electron chi connectivity index (χ3n) is 3.65. The van der Waals surface area contributed by atoms with Gasteiger partial charge in [-0.3, -0.25) is 4.79 Å². The standard InChI is InChI=1S/C14H17ClO/c1-9-4-5-10-11(13(15)16)6-7-14(2,3)12(10)8-9/h4-5,8,11H,6-7H2,1-3H3. The van der Waals surface area contributed by atoms with E-state index in [4.69, 9.17) is 11.6 Å². The first-order chi connectivity index (χ1) is 7.42. The lowest BCUT2D eigenvalue weighted by molar-refractivity contribution is -0.113. The molecule has 1 aromatic rings. The van der Waals surface area contributed by atoms with Crippen molar-refractivity contribution in [3.63, 3.8) is 0 Å². The smallest absolute Gasteiger partial charge is 0.229 e. The zero-order chi connectivity index (χ0) is 11.9. The Bertz CT molecular complexity index is 434. The van der Waals surface area contributed by atoms with E-state index in [1.54, 1.807) is 0 Å². The van der Waals surface area contributed by atoms with E-state index in [9.17, 15) is 4.79 Å². The van der Waals surface area contributed by atoms with Crippen LogP contribution in [0.3, 0.4) is 0 Å². The number of hydrogen-bond donors (Lipinski definition) is 0. The van der Waals surface area contributed by atoms with Crippen molar-refractivity contribution >= 4 is 16.8 Å². The summed E-state index contributed by atoms with van der Waals surface area (Å²) in [5.41, 5.74) is 3.82. The summed E-state index contributed by atoms with van der Waals surface area (Å²) in [6.07, 6.45) is 1.89. The summed E-state index contributed by atoms with van der Waals surface area (Å²) in [4.78, 5) is 11.4. The van der Waals surface area contributed by atoms with Crippen LogP contribution in [-0.4, -0.2) is 5.24 Å². The van der Waals surface area contributed by atoms with Crippen LogP contribution in [0, 0.1) is 6.92 Å². The molecule has 1 atom stereocenters. The SMILES string of the molecule is Cc1ccc2c(c1)C(C)(C)CCC2C(=O)Cl. The minimum Gasteiger partial charge on any atom is -0.281 e. The van der Waals surface area contributed by atoms with Gasteiger partial charge < -0.3 is 0 Å². The van der Waals surface area contributed by atoms with E-state index in [0.717, 1.165) is 18.4 Å². The number of halogens is 1. The topological polar surface area (TPSA) is 17.1 Å². The van der Waals surface area contributed by atoms with E-state index < -0.39 is 0 Å². The zero-order valence-electron chi connectivity index (χ0n) is 10.0. The van der Waals surface area contributed by atoms with Crippen molar-refractivity contribution in [1.29, 1.82) is 0 Å². The largest absolute Gasteiger partial charge is 0.281 e. The molecule has 0 aliphatic heterocycles. The van der Waals surface area contributed by atoms with Gasteiger partial charge in [-0.05, 0) is 47.9 Å². The summed E-state index contributed by atoms with van der Waals surface area (Å²) in [5.74, 6) is -0.106. The number of carbonyl (C=O) groups is 1. The maximum Gasteiger partial charge on any atom is 0.229 e. The predicted molar refractivity (Wildman–Crippen MR) is 67.0 cm³/mol. The van der Waals surface area contributed by atoms with Gasteiger partial charge in [-0.1, -0.05) is 37.6 Å². The van der Waals surface area contributed by atoms with E-state index >= 15 is 0 Å². The van der Waals surface area contributed by atoms with Gasteiger partial charge in [0, 0.05) is 0 Å². The van der Waals surface area contributed by atoms with Crippen molar-refractivity contribution in [1.82, 2.24) is 0 Å². The summed E-state index contributed by atoms with van der Waals surface area (Å²) in [7, 11) is 0. The minimum atomic E-state index is -0.222. The molecular weight excluding hydrogens is 220 g/mol. The Labute approximate surface area is 102 Å². The molecule has 16 heavy (non-hydrogen) atoms. The van der Waals surface area contributed by atoms with Crippen LogP contribution in [-0.2, 0) is 10.2 Å². The average Bonchev–Trinajstić information content (AvgIpc) is 2.18. The Morgan fingerprint density at radius 2 is 2.12 bits per heavy atom. The van der Waals surface area contributed by atoms with Crippen LogP contribution in [0.4, 0.5) is 0 Å². The normalized spacial score (nSPS) is 22.6. The third-order valence-corrected chi connectivity index (χ3v) is 3.91. The van der Waals surface area contributed by atoms with Crippen LogP contribution in [0.15, 0.2) is 18.2 Å². The molecule has 1 nitrogen and oxygen atoms in total. The van der Waals surface area contributed by atoms with Crippen molar-refractivity contribution < 1.29 is 4.79 Å². The fourth-order valence-electron chi connectivity index (χ4n) is 2.59. The highest BCUT2D eigenvalue weighted by Gasteiger charge is 2.35. The summed E-state index contributed by atoms with van der Waals surface area (Å²) in [6.45, 7) is 6.56. The van der Waals surface area contributed by atoms with Gasteiger partial charge in [0.25, 0.3) is 0 Å². The fraction of sp³-hybridized carbons (Fsp3) is 0.500. The third kappa shape index (κ3) is 1.89. The van der Waals surface area contributed by atoms with Crippen LogP contribution in [0.1, 0.15) is 49.3 Å². The Hall–Kier alpha value is -0.820. The number of rotatable bonds is 1. The summed E-state index contributed by atoms with van der Waals surface area (Å²) < 4.78 is 0. The fourth-order valence-corrected chi connectivity index (χ4v) is 2.82. The molecule has 1 aliphatic rings. The van der Waals surface area contributed by atoms with Crippen molar-refractivity contribution in [3.05, 3.63) is 34.9 Å². The van der Waals surface area contributed by atoms with Crippen LogP contribution in [0.25, 0.3) is 0 Å². The van der Waals surface area contributed by atoms with Gasteiger partial charge >= 0.3 is 0 Å². The van der Waals surface area contributed by atoms with Crippen molar-refractivity contribution in [2.75, 3.05) is 0 Å². The summed E-state index contributed by atoms with van der Waals surface area (Å²) in [5, 5.41) is -0.222. The molecule has 86 valence electrons. The maximum absolute atomic E-state index is 11.4. The molecule has 2 rings (SSSR count). The maximum atomic E-state index is 11.4. The summed E-state index contributed by atoms with van der Waals surface area (Å²) in [6, 6.07) is 6.32. The van der Waals surface area contributed by atoms with Gasteiger partial charge in [0.05, 0.1) is 5.92 Å². The number of hydrogen-bond acceptors (Lipinski definition) is 1. The highest BCUT2D eigenvalue weighted by molar-refractivity contribution is 6.64. The van der Waals surface area contributed by atoms with E-state index in [-0.39, 0.29) is 16.6 Å². The molecule has 0 aromatic heterocycles. The number of fused-ring (bicyclic) bond motifs is 1. The van der Waals surface area contributed by atoms with Crippen molar-refractivity contribution in [3.8, 4) is 0 Å². The second kappa shape index (κ2) is 3.89. The molecule has 1 aliphatic carbocycles. The molecule has 2 heteroatoms. The van der Waals surface area contributed by atoms with Crippen LogP contribution in [0.5, 0.6) is 0 Å². The van der Waals surface area contributed by atoms with Gasteiger partial charge in [-0.15, -0.1) is 0 Å². The molecule has 0 bridgehead atoms. The van der Waals surface area contributed by atoms with E-state index in [0.29, 0.717) is 0 Å². The lowest BCUT2D eigenvalue weighted by Crippen LogP contribution is -2.28. The molecule has 0 saturated heterocycles. The zero-order valence-corrected chi connectivity index (χ0v) is 10.8. The first-order valence-electron chi connectivity index (χ1n) is 5.72. The number of benzene rings is 1. The molecule has 0 heterocycles. The van der Waals surface area contributed by atoms with E-state index in [1.807, 2.05) is 0 Å². The minimum absolute atomic E-state index is 0.106. The van der Waals surface area contributed by atoms with Gasteiger partial charge in [-0.25, -0.2) is 0 Å². The second-order valence-corrected chi connectivity index (χ2v) is 5.74. The van der Waals surface area contributed by atoms with Crippen LogP contribution < -0.4 is 0 Å². The molecule has 0 N–H and O–H groups in total. The molecule has 0 radical (unpaired) electrons.